The van der Waals surface area contributed by atoms with Crippen LogP contribution in [0.3, 0.4) is 0 Å². The van der Waals surface area contributed by atoms with Gasteiger partial charge in [-0.1, -0.05) is 18.2 Å². The highest BCUT2D eigenvalue weighted by Crippen LogP contribution is 2.14. The first-order valence-corrected chi connectivity index (χ1v) is 4.99. The van der Waals surface area contributed by atoms with Crippen LogP contribution in [0.5, 0.6) is 0 Å². The molecule has 0 spiro atoms. The van der Waals surface area contributed by atoms with E-state index in [1.54, 1.807) is 4.90 Å². The summed E-state index contributed by atoms with van der Waals surface area (Å²) in [7, 11) is 3.64. The lowest BCUT2D eigenvalue weighted by Gasteiger charge is -2.00. The van der Waals surface area contributed by atoms with Gasteiger partial charge in [0.25, 0.3) is 5.91 Å². The Morgan fingerprint density at radius 2 is 2.12 bits per heavy atom. The summed E-state index contributed by atoms with van der Waals surface area (Å²) < 4.78 is 0. The van der Waals surface area contributed by atoms with Gasteiger partial charge in [0.05, 0.1) is 6.34 Å². The van der Waals surface area contributed by atoms with Gasteiger partial charge in [-0.2, -0.15) is 4.99 Å². The van der Waals surface area contributed by atoms with Crippen LogP contribution < -0.4 is 0 Å². The summed E-state index contributed by atoms with van der Waals surface area (Å²) in [5.74, 6) is -0.259. The van der Waals surface area contributed by atoms with Crippen LogP contribution >= 0.6 is 0 Å². The third-order valence-electron chi connectivity index (χ3n) is 2.17. The molecule has 4 nitrogen and oxygen atoms in total. The highest BCUT2D eigenvalue weighted by molar-refractivity contribution is 6.01. The van der Waals surface area contributed by atoms with E-state index in [9.17, 15) is 4.79 Å². The van der Waals surface area contributed by atoms with Crippen molar-refractivity contribution in [3.05, 3.63) is 36.0 Å². The van der Waals surface area contributed by atoms with E-state index in [-0.39, 0.29) is 5.91 Å². The van der Waals surface area contributed by atoms with Crippen LogP contribution in [0.4, 0.5) is 0 Å². The fraction of sp³-hybridized carbons (Fsp3) is 0.167. The van der Waals surface area contributed by atoms with Crippen molar-refractivity contribution >= 4 is 23.1 Å². The molecule has 0 saturated heterocycles. The number of amides is 1. The van der Waals surface area contributed by atoms with Crippen LogP contribution in [-0.4, -0.2) is 36.2 Å². The first-order valence-electron chi connectivity index (χ1n) is 4.99. The van der Waals surface area contributed by atoms with E-state index in [4.69, 9.17) is 0 Å². The highest BCUT2D eigenvalue weighted by Gasteiger charge is 2.06. The van der Waals surface area contributed by atoms with Crippen LogP contribution in [0.2, 0.25) is 0 Å². The third kappa shape index (κ3) is 2.11. The van der Waals surface area contributed by atoms with E-state index >= 15 is 0 Å². The second kappa shape index (κ2) is 4.18. The number of aromatic amines is 1. The molecule has 1 aromatic heterocycles. The molecule has 1 heterocycles. The van der Waals surface area contributed by atoms with Crippen molar-refractivity contribution in [1.82, 2.24) is 9.88 Å². The number of carbonyl (C=O) groups is 1. The minimum atomic E-state index is -0.259. The molecule has 0 aliphatic carbocycles. The Morgan fingerprint density at radius 3 is 2.81 bits per heavy atom. The molecule has 0 unspecified atom stereocenters. The molecule has 0 atom stereocenters. The normalized spacial score (nSPS) is 11.1. The summed E-state index contributed by atoms with van der Waals surface area (Å²) in [5.41, 5.74) is 1.46. The Labute approximate surface area is 93.6 Å². The van der Waals surface area contributed by atoms with Crippen molar-refractivity contribution in [3.8, 4) is 0 Å². The summed E-state index contributed by atoms with van der Waals surface area (Å²) in [5, 5.41) is 1.02. The SMILES string of the molecule is CN(C)C=NC(=O)c1cc2ccccc2[nH]1. The number of aliphatic imine (C=N–C) groups is 1. The molecule has 1 amide bonds. The number of carbonyl (C=O) groups excluding carboxylic acids is 1. The summed E-state index contributed by atoms with van der Waals surface area (Å²) in [6.07, 6.45) is 1.49. The average molecular weight is 215 g/mol. The van der Waals surface area contributed by atoms with Crippen LogP contribution in [0.25, 0.3) is 10.9 Å². The number of aromatic nitrogens is 1. The quantitative estimate of drug-likeness (QED) is 0.614. The van der Waals surface area contributed by atoms with Gasteiger partial charge in [0, 0.05) is 25.0 Å². The van der Waals surface area contributed by atoms with E-state index in [1.165, 1.54) is 6.34 Å². The van der Waals surface area contributed by atoms with Crippen LogP contribution in [0.1, 0.15) is 10.5 Å². The van der Waals surface area contributed by atoms with Crippen molar-refractivity contribution < 1.29 is 4.79 Å². The summed E-state index contributed by atoms with van der Waals surface area (Å²) in [6.45, 7) is 0. The molecule has 0 bridgehead atoms. The maximum atomic E-state index is 11.7. The molecule has 16 heavy (non-hydrogen) atoms. The number of H-pyrrole nitrogens is 1. The number of nitrogens with one attached hydrogen (secondary N) is 1. The molecular weight excluding hydrogens is 202 g/mol. The molecule has 0 aliphatic rings. The lowest BCUT2D eigenvalue weighted by atomic mass is 10.2. The first kappa shape index (κ1) is 10.4. The monoisotopic (exact) mass is 215 g/mol. The highest BCUT2D eigenvalue weighted by atomic mass is 16.1. The molecule has 1 N–H and O–H groups in total. The number of fused-ring (bicyclic) bond motifs is 1. The zero-order valence-corrected chi connectivity index (χ0v) is 9.27. The van der Waals surface area contributed by atoms with Gasteiger partial charge in [0.1, 0.15) is 5.69 Å². The van der Waals surface area contributed by atoms with Gasteiger partial charge < -0.3 is 9.88 Å². The van der Waals surface area contributed by atoms with Crippen molar-refractivity contribution in [2.75, 3.05) is 14.1 Å². The molecule has 0 radical (unpaired) electrons. The number of benzene rings is 1. The predicted octanol–water partition coefficient (Wildman–Crippen LogP) is 1.90. The van der Waals surface area contributed by atoms with Crippen LogP contribution in [0.15, 0.2) is 35.3 Å². The maximum absolute atomic E-state index is 11.7. The Hall–Kier alpha value is -2.10. The molecule has 2 aromatic rings. The zero-order valence-electron chi connectivity index (χ0n) is 9.27. The fourth-order valence-corrected chi connectivity index (χ4v) is 1.43. The lowest BCUT2D eigenvalue weighted by Crippen LogP contribution is -2.09. The smallest absolute Gasteiger partial charge is 0.294 e. The second-order valence-electron chi connectivity index (χ2n) is 3.78. The summed E-state index contributed by atoms with van der Waals surface area (Å²) in [4.78, 5) is 20.2. The van der Waals surface area contributed by atoms with Gasteiger partial charge in [0.15, 0.2) is 0 Å². The van der Waals surface area contributed by atoms with Crippen molar-refractivity contribution in [2.24, 2.45) is 4.99 Å². The lowest BCUT2D eigenvalue weighted by molar-refractivity contribution is 0.0998. The van der Waals surface area contributed by atoms with Gasteiger partial charge in [-0.25, -0.2) is 0 Å². The standard InChI is InChI=1S/C12H13N3O/c1-15(2)8-13-12(16)11-7-9-5-3-4-6-10(9)14-11/h3-8,14H,1-2H3. The summed E-state index contributed by atoms with van der Waals surface area (Å²) >= 11 is 0. The van der Waals surface area contributed by atoms with Crippen molar-refractivity contribution in [2.45, 2.75) is 0 Å². The van der Waals surface area contributed by atoms with E-state index in [1.807, 2.05) is 44.4 Å². The topological polar surface area (TPSA) is 48.5 Å². The minimum Gasteiger partial charge on any atom is -0.369 e. The van der Waals surface area contributed by atoms with Gasteiger partial charge >= 0.3 is 0 Å². The molecular formula is C12H13N3O. The minimum absolute atomic E-state index is 0.259. The van der Waals surface area contributed by atoms with Crippen molar-refractivity contribution in [3.63, 3.8) is 0 Å². The maximum Gasteiger partial charge on any atom is 0.294 e. The van der Waals surface area contributed by atoms with Crippen LogP contribution in [-0.2, 0) is 0 Å². The van der Waals surface area contributed by atoms with Crippen molar-refractivity contribution in [1.29, 1.82) is 0 Å². The number of nitrogens with zero attached hydrogens (tertiary/aromatic N) is 2. The number of rotatable bonds is 2. The second-order valence-corrected chi connectivity index (χ2v) is 3.78. The molecule has 2 rings (SSSR count). The average Bonchev–Trinajstić information content (AvgIpc) is 2.69. The van der Waals surface area contributed by atoms with E-state index < -0.39 is 0 Å². The van der Waals surface area contributed by atoms with Gasteiger partial charge in [0.2, 0.25) is 0 Å². The number of para-hydroxylation sites is 1. The van der Waals surface area contributed by atoms with Gasteiger partial charge in [-0.3, -0.25) is 4.79 Å². The number of hydrogen-bond donors (Lipinski definition) is 1. The fourth-order valence-electron chi connectivity index (χ4n) is 1.43. The molecule has 0 aliphatic heterocycles. The largest absolute Gasteiger partial charge is 0.369 e. The molecule has 82 valence electrons. The first-order chi connectivity index (χ1) is 7.66. The Kier molecular flexibility index (Phi) is 2.72. The molecule has 1 aromatic carbocycles. The molecule has 0 fully saturated rings. The van der Waals surface area contributed by atoms with Crippen LogP contribution in [0, 0.1) is 0 Å². The predicted molar refractivity (Wildman–Crippen MR) is 64.8 cm³/mol. The third-order valence-corrected chi connectivity index (χ3v) is 2.17. The van der Waals surface area contributed by atoms with E-state index in [0.29, 0.717) is 5.69 Å². The number of hydrogen-bond acceptors (Lipinski definition) is 1. The Bertz CT molecular complexity index is 507. The Balaban J connectivity index is 2.30. The Morgan fingerprint density at radius 1 is 1.38 bits per heavy atom. The van der Waals surface area contributed by atoms with E-state index in [2.05, 4.69) is 9.98 Å². The summed E-state index contributed by atoms with van der Waals surface area (Å²) in [6, 6.07) is 9.56. The molecule has 4 heteroatoms. The van der Waals surface area contributed by atoms with Gasteiger partial charge in [-0.15, -0.1) is 0 Å². The zero-order chi connectivity index (χ0) is 11.5. The van der Waals surface area contributed by atoms with Gasteiger partial charge in [-0.05, 0) is 12.1 Å². The van der Waals surface area contributed by atoms with E-state index in [0.717, 1.165) is 10.9 Å². The molecule has 0 saturated carbocycles.